The monoisotopic (exact) mass is 276 g/mol. The number of amides is 1. The summed E-state index contributed by atoms with van der Waals surface area (Å²) in [5.41, 5.74) is 0.986. The summed E-state index contributed by atoms with van der Waals surface area (Å²) in [7, 11) is 0. The van der Waals surface area contributed by atoms with Gasteiger partial charge in [-0.2, -0.15) is 0 Å². The van der Waals surface area contributed by atoms with E-state index in [1.54, 1.807) is 0 Å². The first kappa shape index (κ1) is 13.7. The molecule has 4 nitrogen and oxygen atoms in total. The van der Waals surface area contributed by atoms with E-state index in [1.165, 1.54) is 12.8 Å². The normalized spacial score (nSPS) is 23.9. The summed E-state index contributed by atoms with van der Waals surface area (Å²) in [6, 6.07) is 2.15. The Balaban J connectivity index is 1.75. The van der Waals surface area contributed by atoms with Crippen molar-refractivity contribution in [2.24, 2.45) is 5.92 Å². The molecule has 0 bridgehead atoms. The van der Waals surface area contributed by atoms with Crippen molar-refractivity contribution < 1.29 is 9.32 Å². The fourth-order valence-corrected chi connectivity index (χ4v) is 3.47. The second-order valence-corrected chi connectivity index (χ2v) is 6.48. The van der Waals surface area contributed by atoms with Gasteiger partial charge in [0.2, 0.25) is 5.91 Å². The van der Waals surface area contributed by atoms with Gasteiger partial charge in [0.15, 0.2) is 5.76 Å². The lowest BCUT2D eigenvalue weighted by Crippen LogP contribution is -2.34. The van der Waals surface area contributed by atoms with Gasteiger partial charge in [0.05, 0.1) is 11.7 Å². The van der Waals surface area contributed by atoms with Gasteiger partial charge < -0.3 is 9.42 Å². The molecule has 1 atom stereocenters. The molecule has 2 fully saturated rings. The molecule has 0 spiro atoms. The van der Waals surface area contributed by atoms with Gasteiger partial charge in [0.1, 0.15) is 0 Å². The Hall–Kier alpha value is -1.32. The fourth-order valence-electron chi connectivity index (χ4n) is 3.47. The maximum absolute atomic E-state index is 12.6. The van der Waals surface area contributed by atoms with Crippen LogP contribution in [0.4, 0.5) is 0 Å². The quantitative estimate of drug-likeness (QED) is 0.846. The van der Waals surface area contributed by atoms with Gasteiger partial charge in [-0.05, 0) is 31.6 Å². The zero-order valence-corrected chi connectivity index (χ0v) is 12.5. The molecule has 2 heterocycles. The molecule has 1 unspecified atom stereocenters. The smallest absolute Gasteiger partial charge is 0.226 e. The highest BCUT2D eigenvalue weighted by atomic mass is 16.5. The van der Waals surface area contributed by atoms with Crippen LogP contribution in [-0.4, -0.2) is 22.5 Å². The first-order valence-corrected chi connectivity index (χ1v) is 7.94. The molecule has 1 saturated carbocycles. The predicted molar refractivity (Wildman–Crippen MR) is 76.2 cm³/mol. The third-order valence-corrected chi connectivity index (χ3v) is 4.71. The van der Waals surface area contributed by atoms with E-state index in [0.29, 0.717) is 11.8 Å². The van der Waals surface area contributed by atoms with Crippen LogP contribution in [0.3, 0.4) is 0 Å². The molecule has 110 valence electrons. The van der Waals surface area contributed by atoms with Crippen molar-refractivity contribution in [1.82, 2.24) is 10.1 Å². The average Bonchev–Trinajstić information content (AvgIpc) is 3.17. The van der Waals surface area contributed by atoms with Crippen molar-refractivity contribution in [2.75, 3.05) is 6.54 Å². The van der Waals surface area contributed by atoms with Crippen LogP contribution >= 0.6 is 0 Å². The maximum atomic E-state index is 12.6. The molecule has 1 saturated heterocycles. The SMILES string of the molecule is CC(C)c1cc(C2CCCN2C(=O)C2CCCC2)on1. The minimum atomic E-state index is 0.114. The van der Waals surface area contributed by atoms with Crippen molar-refractivity contribution in [3.05, 3.63) is 17.5 Å². The highest BCUT2D eigenvalue weighted by Gasteiger charge is 2.36. The zero-order chi connectivity index (χ0) is 14.1. The molecule has 20 heavy (non-hydrogen) atoms. The van der Waals surface area contributed by atoms with Crippen LogP contribution < -0.4 is 0 Å². The summed E-state index contributed by atoms with van der Waals surface area (Å²) in [6.45, 7) is 5.09. The molecular formula is C16H24N2O2. The van der Waals surface area contributed by atoms with E-state index in [2.05, 4.69) is 19.0 Å². The van der Waals surface area contributed by atoms with Crippen molar-refractivity contribution in [3.8, 4) is 0 Å². The standard InChI is InChI=1S/C16H24N2O2/c1-11(2)13-10-15(20-17-13)14-8-5-9-18(14)16(19)12-6-3-4-7-12/h10-12,14H,3-9H2,1-2H3. The van der Waals surface area contributed by atoms with E-state index in [9.17, 15) is 4.79 Å². The summed E-state index contributed by atoms with van der Waals surface area (Å²) < 4.78 is 5.51. The number of hydrogen-bond donors (Lipinski definition) is 0. The lowest BCUT2D eigenvalue weighted by atomic mass is 10.0. The van der Waals surface area contributed by atoms with Gasteiger partial charge in [0, 0.05) is 18.5 Å². The van der Waals surface area contributed by atoms with E-state index in [1.807, 2.05) is 11.0 Å². The van der Waals surface area contributed by atoms with Crippen LogP contribution in [0.1, 0.15) is 75.8 Å². The lowest BCUT2D eigenvalue weighted by molar-refractivity contribution is -0.136. The molecule has 2 aliphatic rings. The Morgan fingerprint density at radius 1 is 1.30 bits per heavy atom. The van der Waals surface area contributed by atoms with E-state index in [0.717, 1.165) is 43.7 Å². The number of carbonyl (C=O) groups excluding carboxylic acids is 1. The molecule has 0 aromatic carbocycles. The van der Waals surface area contributed by atoms with E-state index >= 15 is 0 Å². The van der Waals surface area contributed by atoms with Gasteiger partial charge in [-0.25, -0.2) is 0 Å². The first-order valence-electron chi connectivity index (χ1n) is 7.94. The molecule has 1 aromatic rings. The summed E-state index contributed by atoms with van der Waals surface area (Å²) in [6.07, 6.45) is 6.61. The molecule has 3 rings (SSSR count). The Morgan fingerprint density at radius 3 is 2.70 bits per heavy atom. The van der Waals surface area contributed by atoms with Crippen molar-refractivity contribution in [1.29, 1.82) is 0 Å². The molecule has 4 heteroatoms. The highest BCUT2D eigenvalue weighted by molar-refractivity contribution is 5.79. The number of nitrogens with zero attached hydrogens (tertiary/aromatic N) is 2. The molecule has 1 aliphatic carbocycles. The van der Waals surface area contributed by atoms with Gasteiger partial charge >= 0.3 is 0 Å². The first-order chi connectivity index (χ1) is 9.66. The summed E-state index contributed by atoms with van der Waals surface area (Å²) in [5.74, 6) is 1.83. The minimum absolute atomic E-state index is 0.114. The Morgan fingerprint density at radius 2 is 2.05 bits per heavy atom. The Kier molecular flexibility index (Phi) is 3.81. The molecule has 1 aromatic heterocycles. The molecule has 1 aliphatic heterocycles. The second kappa shape index (κ2) is 5.58. The third kappa shape index (κ3) is 2.48. The number of hydrogen-bond acceptors (Lipinski definition) is 3. The number of rotatable bonds is 3. The summed E-state index contributed by atoms with van der Waals surface area (Å²) in [4.78, 5) is 14.7. The van der Waals surface area contributed by atoms with E-state index < -0.39 is 0 Å². The number of likely N-dealkylation sites (tertiary alicyclic amines) is 1. The molecule has 0 radical (unpaired) electrons. The van der Waals surface area contributed by atoms with Gasteiger partial charge in [0.25, 0.3) is 0 Å². The highest BCUT2D eigenvalue weighted by Crippen LogP contribution is 2.36. The Labute approximate surface area is 120 Å². The van der Waals surface area contributed by atoms with Crippen molar-refractivity contribution >= 4 is 5.91 Å². The van der Waals surface area contributed by atoms with Crippen molar-refractivity contribution in [2.45, 2.75) is 64.3 Å². The topological polar surface area (TPSA) is 46.3 Å². The van der Waals surface area contributed by atoms with Gasteiger partial charge in [-0.3, -0.25) is 4.79 Å². The molecular weight excluding hydrogens is 252 g/mol. The average molecular weight is 276 g/mol. The largest absolute Gasteiger partial charge is 0.359 e. The minimum Gasteiger partial charge on any atom is -0.359 e. The lowest BCUT2D eigenvalue weighted by Gasteiger charge is -2.25. The summed E-state index contributed by atoms with van der Waals surface area (Å²) in [5, 5.41) is 4.14. The summed E-state index contributed by atoms with van der Waals surface area (Å²) >= 11 is 0. The van der Waals surface area contributed by atoms with Crippen LogP contribution in [-0.2, 0) is 4.79 Å². The Bertz CT molecular complexity index is 475. The zero-order valence-electron chi connectivity index (χ0n) is 12.5. The van der Waals surface area contributed by atoms with Crippen LogP contribution in [0, 0.1) is 5.92 Å². The number of aromatic nitrogens is 1. The van der Waals surface area contributed by atoms with E-state index in [4.69, 9.17) is 4.52 Å². The van der Waals surface area contributed by atoms with Crippen LogP contribution in [0.2, 0.25) is 0 Å². The van der Waals surface area contributed by atoms with Crippen LogP contribution in [0.15, 0.2) is 10.6 Å². The van der Waals surface area contributed by atoms with Gasteiger partial charge in [-0.15, -0.1) is 0 Å². The number of carbonyl (C=O) groups is 1. The van der Waals surface area contributed by atoms with Crippen LogP contribution in [0.5, 0.6) is 0 Å². The van der Waals surface area contributed by atoms with E-state index in [-0.39, 0.29) is 12.0 Å². The molecule has 1 amide bonds. The fraction of sp³-hybridized carbons (Fsp3) is 0.750. The van der Waals surface area contributed by atoms with Crippen molar-refractivity contribution in [3.63, 3.8) is 0 Å². The second-order valence-electron chi connectivity index (χ2n) is 6.48. The third-order valence-electron chi connectivity index (χ3n) is 4.71. The maximum Gasteiger partial charge on any atom is 0.226 e. The predicted octanol–water partition coefficient (Wildman–Crippen LogP) is 3.65. The molecule has 0 N–H and O–H groups in total. The van der Waals surface area contributed by atoms with Gasteiger partial charge in [-0.1, -0.05) is 31.8 Å². The van der Waals surface area contributed by atoms with Crippen LogP contribution in [0.25, 0.3) is 0 Å².